The summed E-state index contributed by atoms with van der Waals surface area (Å²) in [5.74, 6) is -2.88. The van der Waals surface area contributed by atoms with Gasteiger partial charge >= 0.3 is 5.97 Å². The molecule has 9 heteroatoms. The molecule has 1 aliphatic carbocycles. The number of carbonyl (C=O) groups excluding carboxylic acids is 4. The normalized spacial score (nSPS) is 14.6. The lowest BCUT2D eigenvalue weighted by molar-refractivity contribution is -0.385. The molecule has 3 aromatic rings. The number of amides is 1. The third-order valence-electron chi connectivity index (χ3n) is 6.25. The summed E-state index contributed by atoms with van der Waals surface area (Å²) in [6.07, 6.45) is -0.571. The molecule has 2 aliphatic rings. The number of para-hydroxylation sites is 1. The van der Waals surface area contributed by atoms with Gasteiger partial charge in [0, 0.05) is 28.9 Å². The zero-order valence-electron chi connectivity index (χ0n) is 18.5. The second-order valence-corrected chi connectivity index (χ2v) is 8.26. The van der Waals surface area contributed by atoms with Crippen LogP contribution in [0.5, 0.6) is 0 Å². The molecule has 0 fully saturated rings. The van der Waals surface area contributed by atoms with Gasteiger partial charge in [-0.15, -0.1) is 0 Å². The molecule has 3 aromatic carbocycles. The molecule has 0 bridgehead atoms. The van der Waals surface area contributed by atoms with Crippen molar-refractivity contribution in [3.05, 3.63) is 104 Å². The van der Waals surface area contributed by atoms with Gasteiger partial charge in [-0.1, -0.05) is 42.5 Å². The van der Waals surface area contributed by atoms with Gasteiger partial charge < -0.3 is 9.64 Å². The van der Waals surface area contributed by atoms with Crippen LogP contribution in [0.4, 0.5) is 11.4 Å². The molecule has 0 saturated carbocycles. The largest absolute Gasteiger partial charge is 0.449 e. The minimum absolute atomic E-state index is 0.0230. The lowest BCUT2D eigenvalue weighted by Gasteiger charge is -2.22. The molecule has 1 atom stereocenters. The van der Waals surface area contributed by atoms with Gasteiger partial charge in [0.25, 0.3) is 11.6 Å². The molecule has 0 radical (unpaired) electrons. The van der Waals surface area contributed by atoms with Crippen LogP contribution in [0.25, 0.3) is 0 Å². The lowest BCUT2D eigenvalue weighted by Crippen LogP contribution is -2.39. The van der Waals surface area contributed by atoms with E-state index in [0.29, 0.717) is 13.0 Å². The number of nitro benzene ring substituents is 1. The number of anilines is 1. The molecule has 0 unspecified atom stereocenters. The number of benzene rings is 3. The van der Waals surface area contributed by atoms with E-state index >= 15 is 0 Å². The van der Waals surface area contributed by atoms with E-state index in [9.17, 15) is 29.3 Å². The van der Waals surface area contributed by atoms with Gasteiger partial charge in [0.15, 0.2) is 11.9 Å². The number of ketones is 2. The number of hydrogen-bond donors (Lipinski definition) is 0. The molecule has 0 aromatic heterocycles. The van der Waals surface area contributed by atoms with Crippen LogP contribution in [0.3, 0.4) is 0 Å². The first-order valence-corrected chi connectivity index (χ1v) is 10.9. The second kappa shape index (κ2) is 8.28. The van der Waals surface area contributed by atoms with Crippen molar-refractivity contribution in [2.24, 2.45) is 0 Å². The molecule has 0 saturated heterocycles. The maximum absolute atomic E-state index is 13.1. The molecule has 0 N–H and O–H groups in total. The maximum atomic E-state index is 13.1. The minimum Gasteiger partial charge on any atom is -0.449 e. The molecule has 35 heavy (non-hydrogen) atoms. The zero-order valence-corrected chi connectivity index (χ0v) is 18.5. The molecule has 9 nitrogen and oxygen atoms in total. The Kier molecular flexibility index (Phi) is 5.24. The van der Waals surface area contributed by atoms with Crippen molar-refractivity contribution in [2.75, 3.05) is 11.4 Å². The number of nitro groups is 1. The summed E-state index contributed by atoms with van der Waals surface area (Å²) in [4.78, 5) is 64.6. The first kappa shape index (κ1) is 22.1. The fourth-order valence-corrected chi connectivity index (χ4v) is 4.58. The topological polar surface area (TPSA) is 124 Å². The molecule has 0 spiro atoms. The summed E-state index contributed by atoms with van der Waals surface area (Å²) >= 11 is 0. The Balaban J connectivity index is 1.47. The predicted molar refractivity (Wildman–Crippen MR) is 124 cm³/mol. The molecule has 174 valence electrons. The zero-order chi connectivity index (χ0) is 24.9. The Bertz CT molecular complexity index is 1460. The van der Waals surface area contributed by atoms with Gasteiger partial charge in [0.2, 0.25) is 5.78 Å². The Labute approximate surface area is 199 Å². The van der Waals surface area contributed by atoms with Gasteiger partial charge in [-0.3, -0.25) is 24.5 Å². The van der Waals surface area contributed by atoms with Crippen LogP contribution in [-0.4, -0.2) is 41.0 Å². The molecule has 5 rings (SSSR count). The van der Waals surface area contributed by atoms with E-state index in [2.05, 4.69) is 0 Å². The average Bonchev–Trinajstić information content (AvgIpc) is 3.30. The monoisotopic (exact) mass is 470 g/mol. The molecule has 1 heterocycles. The first-order valence-electron chi connectivity index (χ1n) is 10.9. The third-order valence-corrected chi connectivity index (χ3v) is 6.25. The van der Waals surface area contributed by atoms with Gasteiger partial charge in [-0.2, -0.15) is 0 Å². The first-order chi connectivity index (χ1) is 16.8. The van der Waals surface area contributed by atoms with Crippen molar-refractivity contribution >= 4 is 34.8 Å². The fourth-order valence-electron chi connectivity index (χ4n) is 4.58. The number of rotatable bonds is 4. The highest BCUT2D eigenvalue weighted by Crippen LogP contribution is 2.36. The van der Waals surface area contributed by atoms with E-state index in [1.807, 2.05) is 12.1 Å². The Morgan fingerprint density at radius 2 is 1.60 bits per heavy atom. The van der Waals surface area contributed by atoms with Crippen LogP contribution in [0, 0.1) is 10.1 Å². The molecule has 1 amide bonds. The Hall–Kier alpha value is -4.66. The van der Waals surface area contributed by atoms with Gasteiger partial charge in [-0.05, 0) is 37.1 Å². The average molecular weight is 470 g/mol. The number of nitrogens with zero attached hydrogens (tertiary/aromatic N) is 2. The van der Waals surface area contributed by atoms with Crippen molar-refractivity contribution in [1.29, 1.82) is 0 Å². The van der Waals surface area contributed by atoms with Crippen LogP contribution in [-0.2, 0) is 16.0 Å². The Morgan fingerprint density at radius 1 is 0.943 bits per heavy atom. The smallest absolute Gasteiger partial charge is 0.345 e. The minimum atomic E-state index is -1.23. The van der Waals surface area contributed by atoms with Crippen molar-refractivity contribution < 1.29 is 28.8 Å². The molecular weight excluding hydrogens is 452 g/mol. The van der Waals surface area contributed by atoms with Gasteiger partial charge in [0.1, 0.15) is 11.1 Å². The number of esters is 1. The van der Waals surface area contributed by atoms with Crippen LogP contribution in [0.15, 0.2) is 60.7 Å². The SMILES string of the molecule is C[C@H](OC(=O)c1ccc2c(c1[N+](=O)[O-])C(=O)c1ccccc1C2=O)C(=O)N1CCc2ccccc21. The number of fused-ring (bicyclic) bond motifs is 3. The highest BCUT2D eigenvalue weighted by atomic mass is 16.6. The van der Waals surface area contributed by atoms with Gasteiger partial charge in [0.05, 0.1) is 4.92 Å². The van der Waals surface area contributed by atoms with E-state index in [-0.39, 0.29) is 16.7 Å². The number of ether oxygens (including phenoxy) is 1. The van der Waals surface area contributed by atoms with Crippen LogP contribution < -0.4 is 4.90 Å². The third kappa shape index (κ3) is 3.48. The van der Waals surface area contributed by atoms with Crippen molar-refractivity contribution in [1.82, 2.24) is 0 Å². The summed E-state index contributed by atoms with van der Waals surface area (Å²) in [5, 5.41) is 12.0. The predicted octanol–water partition coefficient (Wildman–Crippen LogP) is 3.50. The second-order valence-electron chi connectivity index (χ2n) is 8.26. The Morgan fingerprint density at radius 3 is 2.31 bits per heavy atom. The number of hydrogen-bond acceptors (Lipinski definition) is 7. The van der Waals surface area contributed by atoms with Crippen molar-refractivity contribution in [3.63, 3.8) is 0 Å². The standard InChI is InChI=1S/C26H18N2O7/c1-14(25(31)27-13-12-15-6-2-5-9-20(15)27)35-26(32)19-11-10-18-21(22(19)28(33)34)24(30)17-8-4-3-7-16(17)23(18)29/h2-11,14H,12-13H2,1H3/t14-/m0/s1. The summed E-state index contributed by atoms with van der Waals surface area (Å²) in [5.41, 5.74) is -0.0525. The summed E-state index contributed by atoms with van der Waals surface area (Å²) < 4.78 is 5.31. The van der Waals surface area contributed by atoms with E-state index in [4.69, 9.17) is 4.74 Å². The molecular formula is C26H18N2O7. The lowest BCUT2D eigenvalue weighted by atomic mass is 9.82. The van der Waals surface area contributed by atoms with Crippen molar-refractivity contribution in [2.45, 2.75) is 19.4 Å². The van der Waals surface area contributed by atoms with E-state index in [0.717, 1.165) is 17.3 Å². The van der Waals surface area contributed by atoms with E-state index in [1.165, 1.54) is 30.0 Å². The molecule has 1 aliphatic heterocycles. The maximum Gasteiger partial charge on any atom is 0.345 e. The van der Waals surface area contributed by atoms with E-state index < -0.39 is 51.3 Å². The summed E-state index contributed by atoms with van der Waals surface area (Å²) in [7, 11) is 0. The van der Waals surface area contributed by atoms with Crippen LogP contribution in [0.1, 0.15) is 54.7 Å². The fraction of sp³-hybridized carbons (Fsp3) is 0.154. The highest BCUT2D eigenvalue weighted by molar-refractivity contribution is 6.30. The number of carbonyl (C=O) groups is 4. The summed E-state index contributed by atoms with van der Waals surface area (Å²) in [6.45, 7) is 1.81. The quantitative estimate of drug-likeness (QED) is 0.254. The van der Waals surface area contributed by atoms with Crippen LogP contribution in [0.2, 0.25) is 0 Å². The van der Waals surface area contributed by atoms with Crippen molar-refractivity contribution in [3.8, 4) is 0 Å². The van der Waals surface area contributed by atoms with Gasteiger partial charge in [-0.25, -0.2) is 4.79 Å². The van der Waals surface area contributed by atoms with E-state index in [1.54, 1.807) is 24.3 Å². The summed E-state index contributed by atoms with van der Waals surface area (Å²) in [6, 6.07) is 15.7. The highest BCUT2D eigenvalue weighted by Gasteiger charge is 2.40. The van der Waals surface area contributed by atoms with Crippen LogP contribution >= 0.6 is 0 Å².